The molecule has 28 heavy (non-hydrogen) atoms. The monoisotopic (exact) mass is 501 g/mol. The third kappa shape index (κ3) is 7.52. The van der Waals surface area contributed by atoms with Gasteiger partial charge in [-0.1, -0.05) is 45.0 Å². The van der Waals surface area contributed by atoms with Gasteiger partial charge >= 0.3 is 0 Å². The van der Waals surface area contributed by atoms with E-state index in [0.717, 1.165) is 45.2 Å². The Morgan fingerprint density at radius 2 is 1.89 bits per heavy atom. The zero-order valence-corrected chi connectivity index (χ0v) is 20.9. The van der Waals surface area contributed by atoms with Crippen LogP contribution in [0.5, 0.6) is 0 Å². The number of hydrogen-bond acceptors (Lipinski definition) is 3. The van der Waals surface area contributed by atoms with Gasteiger partial charge in [0.25, 0.3) is 0 Å². The maximum Gasteiger partial charge on any atom is 0.191 e. The summed E-state index contributed by atoms with van der Waals surface area (Å²) in [6.45, 7) is 17.5. The lowest BCUT2D eigenvalue weighted by Crippen LogP contribution is -2.46. The van der Waals surface area contributed by atoms with Crippen molar-refractivity contribution in [3.8, 4) is 0 Å². The molecule has 1 aliphatic heterocycles. The van der Waals surface area contributed by atoms with Gasteiger partial charge in [-0.3, -0.25) is 14.8 Å². The molecule has 0 amide bonds. The number of hydrogen-bond donors (Lipinski definition) is 2. The Morgan fingerprint density at radius 1 is 1.21 bits per heavy atom. The van der Waals surface area contributed by atoms with E-state index in [1.807, 2.05) is 7.05 Å². The van der Waals surface area contributed by atoms with Crippen LogP contribution in [-0.2, 0) is 13.1 Å². The number of aliphatic imine (C=N–C) groups is 1. The quantitative estimate of drug-likeness (QED) is 0.325. The molecule has 1 fully saturated rings. The van der Waals surface area contributed by atoms with Gasteiger partial charge in [-0.25, -0.2) is 0 Å². The molecule has 2 rings (SSSR count). The largest absolute Gasteiger partial charge is 0.352 e. The summed E-state index contributed by atoms with van der Waals surface area (Å²) in [5.74, 6) is 1.52. The number of benzene rings is 1. The topological polar surface area (TPSA) is 42.9 Å². The second kappa shape index (κ2) is 12.6. The third-order valence-corrected chi connectivity index (χ3v) is 5.67. The molecule has 0 radical (unpaired) electrons. The predicted molar refractivity (Wildman–Crippen MR) is 131 cm³/mol. The average molecular weight is 502 g/mol. The maximum absolute atomic E-state index is 4.44. The van der Waals surface area contributed by atoms with Gasteiger partial charge in [-0.2, -0.15) is 0 Å². The molecule has 1 aromatic carbocycles. The smallest absolute Gasteiger partial charge is 0.191 e. The van der Waals surface area contributed by atoms with E-state index in [4.69, 9.17) is 0 Å². The van der Waals surface area contributed by atoms with Gasteiger partial charge in [0.15, 0.2) is 5.96 Å². The fourth-order valence-corrected chi connectivity index (χ4v) is 3.71. The van der Waals surface area contributed by atoms with E-state index in [1.54, 1.807) is 0 Å². The molecule has 0 aromatic heterocycles. The summed E-state index contributed by atoms with van der Waals surface area (Å²) in [6.07, 6.45) is 0. The lowest BCUT2D eigenvalue weighted by molar-refractivity contribution is 0.265. The molecular weight excluding hydrogens is 461 g/mol. The lowest BCUT2D eigenvalue weighted by atomic mass is 10.1. The van der Waals surface area contributed by atoms with Crippen LogP contribution in [0.25, 0.3) is 0 Å². The van der Waals surface area contributed by atoms with Crippen molar-refractivity contribution in [2.24, 2.45) is 10.9 Å². The fraction of sp³-hybridized carbons (Fsp3) is 0.682. The first-order valence-electron chi connectivity index (χ1n) is 10.5. The Kier molecular flexibility index (Phi) is 11.4. The fourth-order valence-electron chi connectivity index (χ4n) is 3.71. The van der Waals surface area contributed by atoms with Crippen molar-refractivity contribution in [2.75, 3.05) is 33.2 Å². The van der Waals surface area contributed by atoms with Gasteiger partial charge in [0, 0.05) is 45.3 Å². The van der Waals surface area contributed by atoms with Gasteiger partial charge in [-0.15, -0.1) is 24.0 Å². The molecule has 1 saturated heterocycles. The van der Waals surface area contributed by atoms with Crippen molar-refractivity contribution in [1.82, 2.24) is 20.4 Å². The minimum atomic E-state index is 0. The number of nitrogens with zero attached hydrogens (tertiary/aromatic N) is 3. The maximum atomic E-state index is 4.44. The summed E-state index contributed by atoms with van der Waals surface area (Å²) >= 11 is 0. The average Bonchev–Trinajstić information content (AvgIpc) is 3.04. The Labute approximate surface area is 189 Å². The van der Waals surface area contributed by atoms with Crippen molar-refractivity contribution >= 4 is 29.9 Å². The normalized spacial score (nSPS) is 20.5. The summed E-state index contributed by atoms with van der Waals surface area (Å²) in [5, 5.41) is 7.12. The molecule has 2 atom stereocenters. The summed E-state index contributed by atoms with van der Waals surface area (Å²) < 4.78 is 0. The minimum absolute atomic E-state index is 0. The second-order valence-electron chi connectivity index (χ2n) is 7.98. The third-order valence-electron chi connectivity index (χ3n) is 5.67. The molecule has 1 heterocycles. The molecule has 1 aliphatic rings. The number of nitrogens with one attached hydrogen (secondary N) is 2. The van der Waals surface area contributed by atoms with Crippen molar-refractivity contribution in [3.63, 3.8) is 0 Å². The van der Waals surface area contributed by atoms with Crippen molar-refractivity contribution in [2.45, 2.75) is 59.8 Å². The van der Waals surface area contributed by atoms with E-state index in [9.17, 15) is 0 Å². The van der Waals surface area contributed by atoms with E-state index < -0.39 is 0 Å². The van der Waals surface area contributed by atoms with Gasteiger partial charge < -0.3 is 10.6 Å². The molecule has 0 bridgehead atoms. The molecule has 5 nitrogen and oxygen atoms in total. The highest BCUT2D eigenvalue weighted by Gasteiger charge is 2.31. The molecule has 1 aromatic rings. The van der Waals surface area contributed by atoms with E-state index >= 15 is 0 Å². The van der Waals surface area contributed by atoms with Crippen molar-refractivity contribution in [1.29, 1.82) is 0 Å². The van der Waals surface area contributed by atoms with Crippen LogP contribution in [0.3, 0.4) is 0 Å². The highest BCUT2D eigenvalue weighted by molar-refractivity contribution is 14.0. The number of guanidine groups is 1. The van der Waals surface area contributed by atoms with Gasteiger partial charge in [0.2, 0.25) is 0 Å². The van der Waals surface area contributed by atoms with Gasteiger partial charge in [0.05, 0.1) is 0 Å². The Hall–Kier alpha value is -0.860. The molecule has 0 spiro atoms. The number of halogens is 1. The van der Waals surface area contributed by atoms with Gasteiger partial charge in [-0.05, 0) is 44.0 Å². The van der Waals surface area contributed by atoms with Crippen LogP contribution < -0.4 is 10.6 Å². The van der Waals surface area contributed by atoms with Gasteiger partial charge in [0.1, 0.15) is 0 Å². The van der Waals surface area contributed by atoms with Crippen LogP contribution in [0.15, 0.2) is 29.3 Å². The van der Waals surface area contributed by atoms with E-state index in [0.29, 0.717) is 18.0 Å². The van der Waals surface area contributed by atoms with Crippen LogP contribution in [0.2, 0.25) is 0 Å². The van der Waals surface area contributed by atoms with Crippen molar-refractivity contribution < 1.29 is 0 Å². The first-order chi connectivity index (χ1) is 13.0. The highest BCUT2D eigenvalue weighted by Crippen LogP contribution is 2.18. The van der Waals surface area contributed by atoms with Crippen LogP contribution >= 0.6 is 24.0 Å². The molecule has 0 aliphatic carbocycles. The first kappa shape index (κ1) is 25.2. The zero-order valence-electron chi connectivity index (χ0n) is 18.5. The molecule has 2 unspecified atom stereocenters. The lowest BCUT2D eigenvalue weighted by Gasteiger charge is -2.22. The van der Waals surface area contributed by atoms with Crippen LogP contribution in [-0.4, -0.2) is 61.1 Å². The van der Waals surface area contributed by atoms with Crippen LogP contribution in [0.1, 0.15) is 45.7 Å². The highest BCUT2D eigenvalue weighted by atomic mass is 127. The molecule has 0 saturated carbocycles. The molecule has 160 valence electrons. The zero-order chi connectivity index (χ0) is 19.8. The summed E-state index contributed by atoms with van der Waals surface area (Å²) in [5.41, 5.74) is 2.67. The van der Waals surface area contributed by atoms with E-state index in [-0.39, 0.29) is 24.0 Å². The summed E-state index contributed by atoms with van der Waals surface area (Å²) in [6, 6.07) is 9.92. The summed E-state index contributed by atoms with van der Waals surface area (Å²) in [4.78, 5) is 9.41. The Bertz CT molecular complexity index is 600. The first-order valence-corrected chi connectivity index (χ1v) is 10.5. The van der Waals surface area contributed by atoms with Crippen LogP contribution in [0, 0.1) is 5.92 Å². The molecule has 6 heteroatoms. The number of rotatable bonds is 8. The van der Waals surface area contributed by atoms with E-state index in [2.05, 4.69) is 84.3 Å². The Morgan fingerprint density at radius 3 is 2.46 bits per heavy atom. The van der Waals surface area contributed by atoms with Crippen molar-refractivity contribution in [3.05, 3.63) is 35.4 Å². The van der Waals surface area contributed by atoms with Crippen LogP contribution in [0.4, 0.5) is 0 Å². The Balaban J connectivity index is 0.00000392. The molecule has 2 N–H and O–H groups in total. The standard InChI is InChI=1S/C22H39N5.HI/c1-7-26(8-2)15-20-11-9-10-19(12-20)13-24-22(23-6)25-21-16-27(17(3)4)14-18(21)5;/h9-12,17-18,21H,7-8,13-16H2,1-6H3,(H2,23,24,25);1H. The predicted octanol–water partition coefficient (Wildman–Crippen LogP) is 3.54. The minimum Gasteiger partial charge on any atom is -0.352 e. The second-order valence-corrected chi connectivity index (χ2v) is 7.98. The molecular formula is C22H40IN5. The number of likely N-dealkylation sites (tertiary alicyclic amines) is 1. The summed E-state index contributed by atoms with van der Waals surface area (Å²) in [7, 11) is 1.85. The SMILES string of the molecule is CCN(CC)Cc1cccc(CNC(=NC)NC2CN(C(C)C)CC2C)c1.I. The van der Waals surface area contributed by atoms with E-state index in [1.165, 1.54) is 11.1 Å².